The lowest BCUT2D eigenvalue weighted by Crippen LogP contribution is -2.22. The molecule has 1 heterocycles. The van der Waals surface area contributed by atoms with Crippen molar-refractivity contribution < 1.29 is 9.59 Å². The van der Waals surface area contributed by atoms with Crippen molar-refractivity contribution in [3.05, 3.63) is 10.4 Å². The molecule has 0 saturated carbocycles. The van der Waals surface area contributed by atoms with Crippen molar-refractivity contribution in [3.63, 3.8) is 0 Å². The largest absolute Gasteiger partial charge is 0.397 e. The quantitative estimate of drug-likeness (QED) is 0.758. The minimum atomic E-state index is -0.635. The van der Waals surface area contributed by atoms with E-state index >= 15 is 0 Å². The fraction of sp³-hybridized carbons (Fsp3) is 0.455. The van der Waals surface area contributed by atoms with Gasteiger partial charge >= 0.3 is 0 Å². The molecule has 0 unspecified atom stereocenters. The van der Waals surface area contributed by atoms with Crippen LogP contribution in [0.1, 0.15) is 33.9 Å². The van der Waals surface area contributed by atoms with Crippen LogP contribution in [0.2, 0.25) is 0 Å². The van der Waals surface area contributed by atoms with Crippen LogP contribution < -0.4 is 16.8 Å². The summed E-state index contributed by atoms with van der Waals surface area (Å²) in [5.74, 6) is -0.874. The highest BCUT2D eigenvalue weighted by Gasteiger charge is 2.25. The first-order valence-electron chi connectivity index (χ1n) is 5.46. The number of anilines is 2. The summed E-state index contributed by atoms with van der Waals surface area (Å²) in [5, 5.41) is 3.62. The van der Waals surface area contributed by atoms with Gasteiger partial charge in [0.1, 0.15) is 9.88 Å². The maximum absolute atomic E-state index is 11.9. The van der Waals surface area contributed by atoms with Gasteiger partial charge in [0.25, 0.3) is 11.8 Å². The number of hydrogen-bond acceptors (Lipinski definition) is 5. The third kappa shape index (κ3) is 2.73. The number of nitrogens with two attached hydrogens (primary N) is 2. The summed E-state index contributed by atoms with van der Waals surface area (Å²) in [5.41, 5.74) is 11.5. The lowest BCUT2D eigenvalue weighted by molar-refractivity contribution is 0.0833. The maximum Gasteiger partial charge on any atom is 0.265 e. The number of hydrogen-bond donors (Lipinski definition) is 3. The first-order chi connectivity index (χ1) is 8.25. The summed E-state index contributed by atoms with van der Waals surface area (Å²) in [6.45, 7) is 3.85. The van der Waals surface area contributed by atoms with Crippen LogP contribution >= 0.6 is 11.3 Å². The molecule has 0 atom stereocenters. The topological polar surface area (TPSA) is 101 Å². The van der Waals surface area contributed by atoms with Crippen molar-refractivity contribution in [2.45, 2.75) is 19.9 Å². The number of nitrogens with one attached hydrogen (secondary N) is 1. The van der Waals surface area contributed by atoms with E-state index in [1.54, 1.807) is 14.1 Å². The second kappa shape index (κ2) is 5.26. The number of carbonyl (C=O) groups is 2. The van der Waals surface area contributed by atoms with Crippen molar-refractivity contribution in [1.82, 2.24) is 4.90 Å². The fourth-order valence-corrected chi connectivity index (χ4v) is 2.71. The Morgan fingerprint density at radius 1 is 1.33 bits per heavy atom. The van der Waals surface area contributed by atoms with Crippen molar-refractivity contribution in [2.75, 3.05) is 25.1 Å². The predicted octanol–water partition coefficient (Wildman–Crippen LogP) is 0.951. The maximum atomic E-state index is 11.9. The Labute approximate surface area is 110 Å². The molecule has 0 aliphatic heterocycles. The zero-order valence-corrected chi connectivity index (χ0v) is 11.7. The second-order valence-electron chi connectivity index (χ2n) is 4.41. The molecule has 18 heavy (non-hydrogen) atoms. The third-order valence-electron chi connectivity index (χ3n) is 2.21. The average molecular weight is 270 g/mol. The van der Waals surface area contributed by atoms with Gasteiger partial charge < -0.3 is 21.7 Å². The normalized spacial score (nSPS) is 10.5. The number of primary amides is 1. The lowest BCUT2D eigenvalue weighted by Gasteiger charge is -2.08. The summed E-state index contributed by atoms with van der Waals surface area (Å²) < 4.78 is 0. The molecule has 0 fully saturated rings. The van der Waals surface area contributed by atoms with Gasteiger partial charge in [0.2, 0.25) is 0 Å². The molecule has 2 amide bonds. The smallest absolute Gasteiger partial charge is 0.265 e. The molecule has 0 spiro atoms. The Balaban J connectivity index is 3.32. The zero-order valence-electron chi connectivity index (χ0n) is 10.9. The average Bonchev–Trinajstić information content (AvgIpc) is 2.53. The van der Waals surface area contributed by atoms with Crippen LogP contribution in [0.3, 0.4) is 0 Å². The van der Waals surface area contributed by atoms with E-state index in [0.717, 1.165) is 11.3 Å². The molecular formula is C11H18N4O2S. The first-order valence-corrected chi connectivity index (χ1v) is 6.27. The van der Waals surface area contributed by atoms with Gasteiger partial charge in [0.05, 0.1) is 11.3 Å². The van der Waals surface area contributed by atoms with Crippen molar-refractivity contribution in [1.29, 1.82) is 0 Å². The van der Waals surface area contributed by atoms with Gasteiger partial charge in [-0.05, 0) is 13.8 Å². The number of nitrogen functional groups attached to an aromatic ring is 1. The number of thiophene rings is 1. The van der Waals surface area contributed by atoms with Gasteiger partial charge in [0.15, 0.2) is 0 Å². The van der Waals surface area contributed by atoms with Crippen LogP contribution in [-0.2, 0) is 0 Å². The lowest BCUT2D eigenvalue weighted by atomic mass is 10.2. The van der Waals surface area contributed by atoms with E-state index in [2.05, 4.69) is 5.32 Å². The molecule has 0 bridgehead atoms. The van der Waals surface area contributed by atoms with Crippen molar-refractivity contribution in [3.8, 4) is 0 Å². The minimum Gasteiger partial charge on any atom is -0.397 e. The van der Waals surface area contributed by atoms with Crippen LogP contribution in [0.5, 0.6) is 0 Å². The SMILES string of the molecule is CC(C)Nc1sc(C(=O)N(C)C)c(N)c1C(N)=O. The Morgan fingerprint density at radius 2 is 1.89 bits per heavy atom. The molecule has 100 valence electrons. The molecule has 0 saturated heterocycles. The Morgan fingerprint density at radius 3 is 2.28 bits per heavy atom. The molecule has 1 rings (SSSR count). The number of rotatable bonds is 4. The summed E-state index contributed by atoms with van der Waals surface area (Å²) in [4.78, 5) is 25.1. The van der Waals surface area contributed by atoms with Gasteiger partial charge in [-0.3, -0.25) is 9.59 Å². The standard InChI is InChI=1S/C11H18N4O2S/c1-5(2)14-10-6(9(13)16)7(12)8(18-10)11(17)15(3)4/h5,14H,12H2,1-4H3,(H2,13,16). The molecule has 1 aromatic heterocycles. The van der Waals surface area contributed by atoms with E-state index < -0.39 is 5.91 Å². The van der Waals surface area contributed by atoms with E-state index in [1.165, 1.54) is 4.90 Å². The van der Waals surface area contributed by atoms with Crippen LogP contribution in [0.25, 0.3) is 0 Å². The molecule has 7 heteroatoms. The van der Waals surface area contributed by atoms with E-state index in [0.29, 0.717) is 9.88 Å². The number of amides is 2. The van der Waals surface area contributed by atoms with Crippen molar-refractivity contribution in [2.24, 2.45) is 5.73 Å². The molecule has 5 N–H and O–H groups in total. The summed E-state index contributed by atoms with van der Waals surface area (Å²) in [7, 11) is 3.25. The van der Waals surface area contributed by atoms with E-state index in [-0.39, 0.29) is 23.2 Å². The molecule has 0 aliphatic carbocycles. The minimum absolute atomic E-state index is 0.114. The molecule has 0 aromatic carbocycles. The third-order valence-corrected chi connectivity index (χ3v) is 3.34. The summed E-state index contributed by atoms with van der Waals surface area (Å²) >= 11 is 1.15. The zero-order chi connectivity index (χ0) is 14.0. The van der Waals surface area contributed by atoms with Gasteiger partial charge in [-0.25, -0.2) is 0 Å². The molecule has 0 aliphatic rings. The van der Waals surface area contributed by atoms with E-state index in [4.69, 9.17) is 11.5 Å². The highest BCUT2D eigenvalue weighted by molar-refractivity contribution is 7.19. The van der Waals surface area contributed by atoms with Crippen LogP contribution in [0, 0.1) is 0 Å². The van der Waals surface area contributed by atoms with E-state index in [1.807, 2.05) is 13.8 Å². The van der Waals surface area contributed by atoms with Crippen LogP contribution in [0.4, 0.5) is 10.7 Å². The predicted molar refractivity (Wildman–Crippen MR) is 74.0 cm³/mol. The summed E-state index contributed by atoms with van der Waals surface area (Å²) in [6.07, 6.45) is 0. The monoisotopic (exact) mass is 270 g/mol. The Kier molecular flexibility index (Phi) is 4.18. The fourth-order valence-electron chi connectivity index (χ4n) is 1.41. The summed E-state index contributed by atoms with van der Waals surface area (Å²) in [6, 6.07) is 0.114. The van der Waals surface area contributed by atoms with Gasteiger partial charge in [0, 0.05) is 20.1 Å². The van der Waals surface area contributed by atoms with Crippen LogP contribution in [-0.4, -0.2) is 36.9 Å². The van der Waals surface area contributed by atoms with E-state index in [9.17, 15) is 9.59 Å². The molecular weight excluding hydrogens is 252 g/mol. The molecule has 6 nitrogen and oxygen atoms in total. The highest BCUT2D eigenvalue weighted by atomic mass is 32.1. The first kappa shape index (κ1) is 14.3. The second-order valence-corrected chi connectivity index (χ2v) is 5.43. The molecule has 0 radical (unpaired) electrons. The Hall–Kier alpha value is -1.76. The van der Waals surface area contributed by atoms with Crippen molar-refractivity contribution >= 4 is 33.8 Å². The van der Waals surface area contributed by atoms with Crippen LogP contribution in [0.15, 0.2) is 0 Å². The molecule has 1 aromatic rings. The Bertz CT molecular complexity index is 480. The van der Waals surface area contributed by atoms with Gasteiger partial charge in [-0.15, -0.1) is 11.3 Å². The van der Waals surface area contributed by atoms with Gasteiger partial charge in [-0.2, -0.15) is 0 Å². The highest BCUT2D eigenvalue weighted by Crippen LogP contribution is 2.36. The van der Waals surface area contributed by atoms with Gasteiger partial charge in [-0.1, -0.05) is 0 Å². The number of carbonyl (C=O) groups excluding carboxylic acids is 2. The number of nitrogens with zero attached hydrogens (tertiary/aromatic N) is 1.